The predicted molar refractivity (Wildman–Crippen MR) is 150 cm³/mol. The van der Waals surface area contributed by atoms with E-state index >= 15 is 0 Å². The number of hydrogen-bond acceptors (Lipinski definition) is 5. The van der Waals surface area contributed by atoms with Crippen molar-refractivity contribution in [2.75, 3.05) is 0 Å². The van der Waals surface area contributed by atoms with Crippen molar-refractivity contribution in [2.24, 2.45) is 11.3 Å². The molecule has 0 bridgehead atoms. The first-order chi connectivity index (χ1) is 19.2. The largest absolute Gasteiger partial charge is 0.508 e. The predicted octanol–water partition coefficient (Wildman–Crippen LogP) is 4.05. The number of hydrogen-bond donors (Lipinski definition) is 1. The van der Waals surface area contributed by atoms with Gasteiger partial charge in [0.2, 0.25) is 0 Å². The van der Waals surface area contributed by atoms with Crippen LogP contribution in [0.25, 0.3) is 16.5 Å². The van der Waals surface area contributed by atoms with E-state index in [1.165, 1.54) is 15.4 Å². The van der Waals surface area contributed by atoms with Gasteiger partial charge in [0, 0.05) is 17.4 Å². The number of ketones is 2. The Morgan fingerprint density at radius 3 is 2.40 bits per heavy atom. The Morgan fingerprint density at radius 2 is 1.62 bits per heavy atom. The molecule has 3 aliphatic rings. The molecule has 8 heteroatoms. The Kier molecular flexibility index (Phi) is 5.10. The second-order valence-electron chi connectivity index (χ2n) is 11.2. The fourth-order valence-electron chi connectivity index (χ4n) is 7.35. The number of rotatable bonds is 2. The molecular weight excluding hydrogens is 506 g/mol. The van der Waals surface area contributed by atoms with Gasteiger partial charge in [0.25, 0.3) is 0 Å². The maximum atomic E-state index is 14.0. The van der Waals surface area contributed by atoms with Crippen LogP contribution in [0.4, 0.5) is 0 Å². The van der Waals surface area contributed by atoms with E-state index in [1.54, 1.807) is 37.3 Å². The third-order valence-corrected chi connectivity index (χ3v) is 9.16. The summed E-state index contributed by atoms with van der Waals surface area (Å²) in [6, 6.07) is 19.2. The van der Waals surface area contributed by atoms with E-state index in [2.05, 4.69) is 0 Å². The smallest absolute Gasteiger partial charge is 0.352 e. The zero-order valence-electron chi connectivity index (χ0n) is 22.1. The molecular formula is C32H27N3O5. The number of nitrogens with zero attached hydrogens (tertiary/aromatic N) is 3. The number of aromatic hydroxyl groups is 1. The molecule has 0 radical (unpaired) electrons. The van der Waals surface area contributed by atoms with E-state index < -0.39 is 34.7 Å². The van der Waals surface area contributed by atoms with E-state index in [1.807, 2.05) is 49.4 Å². The molecule has 200 valence electrons. The third kappa shape index (κ3) is 3.07. The average Bonchev–Trinajstić information content (AvgIpc) is 3.21. The Labute approximate surface area is 229 Å². The highest BCUT2D eigenvalue weighted by atomic mass is 16.3. The molecule has 4 aromatic rings. The summed E-state index contributed by atoms with van der Waals surface area (Å²) in [5, 5.41) is 13.0. The van der Waals surface area contributed by atoms with Gasteiger partial charge in [-0.25, -0.2) is 23.5 Å². The van der Waals surface area contributed by atoms with E-state index in [-0.39, 0.29) is 30.3 Å². The van der Waals surface area contributed by atoms with Gasteiger partial charge in [0.1, 0.15) is 5.75 Å². The van der Waals surface area contributed by atoms with Gasteiger partial charge in [-0.1, -0.05) is 61.5 Å². The van der Waals surface area contributed by atoms with Crippen LogP contribution in [0.2, 0.25) is 0 Å². The standard InChI is InChI=1S/C32H27N3O5/c1-18-16-26(37)23-17-24-22(14-15-33-30(39)34(31(40)35(24)33)20-9-4-3-5-10-20)28(32(23,2)29(18)38)27-21-11-7-6-8-19(21)12-13-25(27)36/h3-14,16,23-24,28,36H,15,17H2,1-2H3/t23-,24+,28+,32+/m0/s1. The van der Waals surface area contributed by atoms with Gasteiger partial charge >= 0.3 is 11.4 Å². The number of phenolic OH excluding ortho intramolecular Hbond substituents is 1. The van der Waals surface area contributed by atoms with Crippen molar-refractivity contribution in [1.82, 2.24) is 13.9 Å². The molecule has 0 amide bonds. The van der Waals surface area contributed by atoms with E-state index in [4.69, 9.17) is 0 Å². The summed E-state index contributed by atoms with van der Waals surface area (Å²) < 4.78 is 4.00. The summed E-state index contributed by atoms with van der Waals surface area (Å²) in [7, 11) is 0. The summed E-state index contributed by atoms with van der Waals surface area (Å²) in [6.07, 6.45) is 3.49. The van der Waals surface area contributed by atoms with Crippen LogP contribution in [-0.2, 0) is 16.1 Å². The molecule has 0 unspecified atom stereocenters. The van der Waals surface area contributed by atoms with Gasteiger partial charge in [0.15, 0.2) is 11.6 Å². The minimum atomic E-state index is -1.19. The van der Waals surface area contributed by atoms with Crippen molar-refractivity contribution in [3.63, 3.8) is 0 Å². The fraction of sp³-hybridized carbons (Fsp3) is 0.250. The molecule has 0 saturated heterocycles. The van der Waals surface area contributed by atoms with Crippen LogP contribution >= 0.6 is 0 Å². The Hall–Kier alpha value is -4.72. The number of benzene rings is 3. The molecule has 3 aromatic carbocycles. The Morgan fingerprint density at radius 1 is 0.900 bits per heavy atom. The molecule has 40 heavy (non-hydrogen) atoms. The molecule has 2 aliphatic carbocycles. The molecule has 0 spiro atoms. The average molecular weight is 534 g/mol. The second-order valence-corrected chi connectivity index (χ2v) is 11.2. The maximum Gasteiger partial charge on any atom is 0.352 e. The normalized spacial score (nSPS) is 25.6. The molecule has 1 aliphatic heterocycles. The lowest BCUT2D eigenvalue weighted by molar-refractivity contribution is -0.139. The Balaban J connectivity index is 1.52. The number of carbonyl (C=O) groups is 2. The second kappa shape index (κ2) is 8.39. The number of allylic oxidation sites excluding steroid dienone is 4. The van der Waals surface area contributed by atoms with Gasteiger partial charge in [-0.2, -0.15) is 0 Å². The number of Topliss-reactive ketones (excluding diaryl/α,β-unsaturated/α-hetero) is 1. The first-order valence-corrected chi connectivity index (χ1v) is 13.4. The third-order valence-electron chi connectivity index (χ3n) is 9.16. The lowest BCUT2D eigenvalue weighted by Crippen LogP contribution is -2.54. The molecule has 1 fully saturated rings. The van der Waals surface area contributed by atoms with E-state index in [0.717, 1.165) is 20.9 Å². The number of fused-ring (bicyclic) bond motifs is 5. The van der Waals surface area contributed by atoms with Crippen LogP contribution < -0.4 is 11.4 Å². The first-order valence-electron chi connectivity index (χ1n) is 13.4. The van der Waals surface area contributed by atoms with Gasteiger partial charge < -0.3 is 5.11 Å². The SMILES string of the molecule is CC1=CC(=O)[C@@H]2C[C@@H]3C(=CCn4c(=O)n(-c5ccccc5)c(=O)n43)[C@H](c3c(O)ccc4ccccc34)[C@]2(C)C1=O. The van der Waals surface area contributed by atoms with Crippen molar-refractivity contribution in [1.29, 1.82) is 0 Å². The molecule has 2 heterocycles. The van der Waals surface area contributed by atoms with Crippen LogP contribution in [0, 0.1) is 11.3 Å². The van der Waals surface area contributed by atoms with Crippen molar-refractivity contribution in [3.8, 4) is 11.4 Å². The summed E-state index contributed by atoms with van der Waals surface area (Å²) in [5.41, 5.74) is 0.00189. The van der Waals surface area contributed by atoms with Gasteiger partial charge in [0.05, 0.1) is 23.7 Å². The van der Waals surface area contributed by atoms with E-state index in [9.17, 15) is 24.3 Å². The summed E-state index contributed by atoms with van der Waals surface area (Å²) >= 11 is 0. The number of phenols is 1. The van der Waals surface area contributed by atoms with Crippen LogP contribution in [-0.4, -0.2) is 30.6 Å². The number of carbonyl (C=O) groups excluding carboxylic acids is 2. The van der Waals surface area contributed by atoms with Gasteiger partial charge in [-0.3, -0.25) is 9.59 Å². The lowest BCUT2D eigenvalue weighted by Gasteiger charge is -2.52. The molecule has 1 aromatic heterocycles. The minimum absolute atomic E-state index is 0.0230. The summed E-state index contributed by atoms with van der Waals surface area (Å²) in [6.45, 7) is 3.60. The first kappa shape index (κ1) is 24.3. The maximum absolute atomic E-state index is 14.0. The zero-order chi connectivity index (χ0) is 27.9. The monoisotopic (exact) mass is 533 g/mol. The zero-order valence-corrected chi connectivity index (χ0v) is 22.1. The molecule has 1 N–H and O–H groups in total. The lowest BCUT2D eigenvalue weighted by atomic mass is 9.50. The Bertz CT molecular complexity index is 1940. The van der Waals surface area contributed by atoms with E-state index in [0.29, 0.717) is 16.8 Å². The highest BCUT2D eigenvalue weighted by Crippen LogP contribution is 2.61. The van der Waals surface area contributed by atoms with Crippen LogP contribution in [0.3, 0.4) is 0 Å². The highest BCUT2D eigenvalue weighted by molar-refractivity contribution is 6.13. The fourth-order valence-corrected chi connectivity index (χ4v) is 7.35. The van der Waals surface area contributed by atoms with Crippen molar-refractivity contribution >= 4 is 22.3 Å². The van der Waals surface area contributed by atoms with Crippen LogP contribution in [0.1, 0.15) is 37.8 Å². The quantitative estimate of drug-likeness (QED) is 0.392. The summed E-state index contributed by atoms with van der Waals surface area (Å²) in [5.74, 6) is -1.75. The molecule has 1 saturated carbocycles. The number of para-hydroxylation sites is 1. The molecule has 4 atom stereocenters. The van der Waals surface area contributed by atoms with Gasteiger partial charge in [-0.15, -0.1) is 0 Å². The van der Waals surface area contributed by atoms with Crippen molar-refractivity contribution < 1.29 is 14.7 Å². The highest BCUT2D eigenvalue weighted by Gasteiger charge is 2.60. The minimum Gasteiger partial charge on any atom is -0.508 e. The topological polar surface area (TPSA) is 103 Å². The van der Waals surface area contributed by atoms with Gasteiger partial charge in [-0.05, 0) is 59.5 Å². The molecule has 8 nitrogen and oxygen atoms in total. The number of aromatic nitrogens is 3. The van der Waals surface area contributed by atoms with Crippen LogP contribution in [0.5, 0.6) is 5.75 Å². The summed E-state index contributed by atoms with van der Waals surface area (Å²) in [4.78, 5) is 55.1. The molecule has 7 rings (SSSR count). The van der Waals surface area contributed by atoms with Crippen LogP contribution in [0.15, 0.2) is 99.6 Å². The van der Waals surface area contributed by atoms with Crippen molar-refractivity contribution in [2.45, 2.75) is 38.8 Å². The van der Waals surface area contributed by atoms with Crippen molar-refractivity contribution in [3.05, 3.63) is 117 Å².